The molecule has 1 atom stereocenters. The molecule has 0 radical (unpaired) electrons. The Morgan fingerprint density at radius 1 is 1.29 bits per heavy atom. The molecule has 0 saturated heterocycles. The van der Waals surface area contributed by atoms with Crippen molar-refractivity contribution in [1.29, 1.82) is 5.26 Å². The summed E-state index contributed by atoms with van der Waals surface area (Å²) in [7, 11) is 0. The van der Waals surface area contributed by atoms with Crippen molar-refractivity contribution in [3.05, 3.63) is 54.0 Å². The summed E-state index contributed by atoms with van der Waals surface area (Å²) in [4.78, 5) is 23.6. The number of hydrogen-bond donors (Lipinski definition) is 1. The normalized spacial score (nSPS) is 11.2. The first kappa shape index (κ1) is 17.1. The first-order valence-corrected chi connectivity index (χ1v) is 7.21. The fourth-order valence-corrected chi connectivity index (χ4v) is 1.84. The van der Waals surface area contributed by atoms with E-state index in [-0.39, 0.29) is 12.3 Å². The number of hydrogen-bond acceptors (Lipinski definition) is 6. The molecular weight excluding hydrogens is 312 g/mol. The number of esters is 1. The molecule has 124 valence electrons. The first-order valence-electron chi connectivity index (χ1n) is 7.21. The molecule has 2 rings (SSSR count). The van der Waals surface area contributed by atoms with E-state index in [0.29, 0.717) is 11.3 Å². The quantitative estimate of drug-likeness (QED) is 0.777. The first-order chi connectivity index (χ1) is 11.6. The molecule has 0 aliphatic heterocycles. The topological polar surface area (TPSA) is 102 Å². The van der Waals surface area contributed by atoms with Crippen LogP contribution in [0, 0.1) is 11.3 Å². The Hall–Kier alpha value is -3.27. The predicted molar refractivity (Wildman–Crippen MR) is 82.8 cm³/mol. The van der Waals surface area contributed by atoms with Gasteiger partial charge < -0.3 is 19.2 Å². The number of ether oxygens (including phenoxy) is 2. The molecule has 0 aliphatic carbocycles. The van der Waals surface area contributed by atoms with Crippen LogP contribution in [-0.2, 0) is 20.9 Å². The van der Waals surface area contributed by atoms with Crippen LogP contribution < -0.4 is 10.1 Å². The molecule has 7 heteroatoms. The van der Waals surface area contributed by atoms with Gasteiger partial charge >= 0.3 is 5.97 Å². The van der Waals surface area contributed by atoms with Crippen LogP contribution in [0.15, 0.2) is 47.1 Å². The number of para-hydroxylation sites is 1. The standard InChI is InChI=1S/C17H16N2O5/c1-12(17(21)19-10-14-6-4-8-22-14)24-16(20)11-23-15-7-3-2-5-13(15)9-18/h2-8,12H,10-11H2,1H3,(H,19,21)/t12-/m1/s1. The monoisotopic (exact) mass is 328 g/mol. The highest BCUT2D eigenvalue weighted by molar-refractivity contribution is 5.83. The summed E-state index contributed by atoms with van der Waals surface area (Å²) >= 11 is 0. The Balaban J connectivity index is 1.76. The lowest BCUT2D eigenvalue weighted by Gasteiger charge is -2.13. The van der Waals surface area contributed by atoms with Gasteiger partial charge in [-0.05, 0) is 31.2 Å². The minimum atomic E-state index is -0.970. The van der Waals surface area contributed by atoms with E-state index in [1.54, 1.807) is 36.4 Å². The molecule has 7 nitrogen and oxygen atoms in total. The zero-order chi connectivity index (χ0) is 17.4. The maximum atomic E-state index is 11.8. The maximum absolute atomic E-state index is 11.8. The fraction of sp³-hybridized carbons (Fsp3) is 0.235. The second kappa shape index (κ2) is 8.39. The number of furan rings is 1. The number of benzene rings is 1. The van der Waals surface area contributed by atoms with Crippen molar-refractivity contribution in [2.24, 2.45) is 0 Å². The highest BCUT2D eigenvalue weighted by Gasteiger charge is 2.18. The minimum Gasteiger partial charge on any atom is -0.481 e. The van der Waals surface area contributed by atoms with E-state index in [9.17, 15) is 9.59 Å². The molecule has 1 amide bonds. The van der Waals surface area contributed by atoms with Gasteiger partial charge in [0.25, 0.3) is 5.91 Å². The van der Waals surface area contributed by atoms with Crippen molar-refractivity contribution in [1.82, 2.24) is 5.32 Å². The smallest absolute Gasteiger partial charge is 0.344 e. The Labute approximate surface area is 138 Å². The Morgan fingerprint density at radius 3 is 2.79 bits per heavy atom. The zero-order valence-electron chi connectivity index (χ0n) is 13.0. The molecule has 1 heterocycles. The van der Waals surface area contributed by atoms with Gasteiger partial charge in [0, 0.05) is 0 Å². The van der Waals surface area contributed by atoms with Gasteiger partial charge in [0.05, 0.1) is 18.4 Å². The minimum absolute atomic E-state index is 0.208. The van der Waals surface area contributed by atoms with E-state index in [4.69, 9.17) is 19.2 Å². The number of rotatable bonds is 7. The lowest BCUT2D eigenvalue weighted by atomic mass is 10.2. The van der Waals surface area contributed by atoms with Gasteiger partial charge in [0.2, 0.25) is 0 Å². The van der Waals surface area contributed by atoms with Gasteiger partial charge in [-0.25, -0.2) is 4.79 Å². The second-order valence-electron chi connectivity index (χ2n) is 4.83. The van der Waals surface area contributed by atoms with Crippen LogP contribution in [0.5, 0.6) is 5.75 Å². The van der Waals surface area contributed by atoms with Crippen LogP contribution in [0.1, 0.15) is 18.2 Å². The molecule has 24 heavy (non-hydrogen) atoms. The molecule has 0 fully saturated rings. The second-order valence-corrected chi connectivity index (χ2v) is 4.83. The summed E-state index contributed by atoms with van der Waals surface area (Å²) in [6.07, 6.45) is 0.531. The Kier molecular flexibility index (Phi) is 5.97. The average molecular weight is 328 g/mol. The number of carbonyl (C=O) groups excluding carboxylic acids is 2. The van der Waals surface area contributed by atoms with Gasteiger partial charge in [-0.2, -0.15) is 5.26 Å². The Morgan fingerprint density at radius 2 is 2.08 bits per heavy atom. The van der Waals surface area contributed by atoms with Crippen LogP contribution in [0.2, 0.25) is 0 Å². The molecule has 0 bridgehead atoms. The molecule has 0 spiro atoms. The van der Waals surface area contributed by atoms with E-state index in [1.165, 1.54) is 13.2 Å². The maximum Gasteiger partial charge on any atom is 0.344 e. The van der Waals surface area contributed by atoms with Crippen LogP contribution in [0.25, 0.3) is 0 Å². The summed E-state index contributed by atoms with van der Waals surface area (Å²) < 4.78 is 15.3. The largest absolute Gasteiger partial charge is 0.481 e. The molecule has 2 aromatic rings. The lowest BCUT2D eigenvalue weighted by Crippen LogP contribution is -2.36. The van der Waals surface area contributed by atoms with E-state index < -0.39 is 24.6 Å². The van der Waals surface area contributed by atoms with Crippen LogP contribution >= 0.6 is 0 Å². The van der Waals surface area contributed by atoms with E-state index in [2.05, 4.69) is 5.32 Å². The van der Waals surface area contributed by atoms with Gasteiger partial charge in [0.1, 0.15) is 17.6 Å². The third kappa shape index (κ3) is 4.88. The predicted octanol–water partition coefficient (Wildman–Crippen LogP) is 1.78. The third-order valence-electron chi connectivity index (χ3n) is 3.05. The van der Waals surface area contributed by atoms with Gasteiger partial charge in [-0.15, -0.1) is 0 Å². The van der Waals surface area contributed by atoms with E-state index >= 15 is 0 Å². The molecule has 0 unspecified atom stereocenters. The summed E-state index contributed by atoms with van der Waals surface area (Å²) in [6.45, 7) is 1.27. The number of nitrogens with one attached hydrogen (secondary N) is 1. The highest BCUT2D eigenvalue weighted by atomic mass is 16.6. The number of nitriles is 1. The third-order valence-corrected chi connectivity index (χ3v) is 3.05. The van der Waals surface area contributed by atoms with Crippen LogP contribution in [-0.4, -0.2) is 24.6 Å². The van der Waals surface area contributed by atoms with Crippen molar-refractivity contribution in [3.63, 3.8) is 0 Å². The molecular formula is C17H16N2O5. The number of amides is 1. The van der Waals surface area contributed by atoms with Crippen molar-refractivity contribution >= 4 is 11.9 Å². The fourth-order valence-electron chi connectivity index (χ4n) is 1.84. The molecule has 1 N–H and O–H groups in total. The SMILES string of the molecule is C[C@@H](OC(=O)COc1ccccc1C#N)C(=O)NCc1ccco1. The average Bonchev–Trinajstić information content (AvgIpc) is 3.11. The highest BCUT2D eigenvalue weighted by Crippen LogP contribution is 2.16. The summed E-state index contributed by atoms with van der Waals surface area (Å²) in [5.41, 5.74) is 0.314. The summed E-state index contributed by atoms with van der Waals surface area (Å²) in [5, 5.41) is 11.5. The van der Waals surface area contributed by atoms with Gasteiger partial charge in [0.15, 0.2) is 12.7 Å². The van der Waals surface area contributed by atoms with Crippen LogP contribution in [0.3, 0.4) is 0 Å². The molecule has 0 saturated carbocycles. The Bertz CT molecular complexity index is 734. The summed E-state index contributed by atoms with van der Waals surface area (Å²) in [5.74, 6) is -0.272. The number of nitrogens with zero attached hydrogens (tertiary/aromatic N) is 1. The van der Waals surface area contributed by atoms with Crippen LogP contribution in [0.4, 0.5) is 0 Å². The van der Waals surface area contributed by atoms with Gasteiger partial charge in [-0.1, -0.05) is 12.1 Å². The molecule has 1 aromatic heterocycles. The van der Waals surface area contributed by atoms with E-state index in [0.717, 1.165) is 0 Å². The van der Waals surface area contributed by atoms with Crippen molar-refractivity contribution in [3.8, 4) is 11.8 Å². The molecule has 0 aliphatic rings. The van der Waals surface area contributed by atoms with Crippen molar-refractivity contribution < 1.29 is 23.5 Å². The number of carbonyl (C=O) groups is 2. The zero-order valence-corrected chi connectivity index (χ0v) is 13.0. The van der Waals surface area contributed by atoms with E-state index in [1.807, 2.05) is 6.07 Å². The van der Waals surface area contributed by atoms with Crippen molar-refractivity contribution in [2.45, 2.75) is 19.6 Å². The van der Waals surface area contributed by atoms with Crippen molar-refractivity contribution in [2.75, 3.05) is 6.61 Å². The summed E-state index contributed by atoms with van der Waals surface area (Å²) in [6, 6.07) is 11.9. The van der Waals surface area contributed by atoms with Gasteiger partial charge in [-0.3, -0.25) is 4.79 Å². The molecule has 1 aromatic carbocycles. The lowest BCUT2D eigenvalue weighted by molar-refractivity contribution is -0.156.